The maximum Gasteiger partial charge on any atom is 0.311 e. The number of hydrogen-bond donors (Lipinski definition) is 0. The third-order valence-corrected chi connectivity index (χ3v) is 5.38. The normalized spacial score (nSPS) is 19.4. The number of nitro groups is 2. The Morgan fingerprint density at radius 3 is 1.83 bits per heavy atom. The summed E-state index contributed by atoms with van der Waals surface area (Å²) in [6.45, 7) is 3.48. The third kappa shape index (κ3) is 3.58. The summed E-state index contributed by atoms with van der Waals surface area (Å²) in [6, 6.07) is 11.2. The Labute approximate surface area is 165 Å². The highest BCUT2D eigenvalue weighted by molar-refractivity contribution is 5.84. The summed E-state index contributed by atoms with van der Waals surface area (Å²) in [5.41, 5.74) is -1.23. The summed E-state index contributed by atoms with van der Waals surface area (Å²) in [5, 5.41) is 23.0. The number of benzene rings is 2. The summed E-state index contributed by atoms with van der Waals surface area (Å²) in [6.07, 6.45) is -0.689. The van der Waals surface area contributed by atoms with Gasteiger partial charge in [-0.3, -0.25) is 25.0 Å². The molecule has 3 rings (SSSR count). The van der Waals surface area contributed by atoms with Gasteiger partial charge in [0.25, 0.3) is 11.4 Å². The molecule has 0 amide bonds. The molecular weight excluding hydrogens is 380 g/mol. The number of nitro benzene ring substituents is 2. The van der Waals surface area contributed by atoms with Crippen molar-refractivity contribution in [3.05, 3.63) is 79.9 Å². The molecule has 0 radical (unpaired) electrons. The molecule has 2 atom stereocenters. The van der Waals surface area contributed by atoms with Crippen LogP contribution in [0.5, 0.6) is 0 Å². The van der Waals surface area contributed by atoms with Crippen LogP contribution in [-0.4, -0.2) is 22.1 Å². The SMILES string of the molecule is CC1(C)C(C=O)C1C(=O)OC(c1ccccc1[N+](=O)[O-])c1ccccc1[N+](=O)[O-]. The maximum atomic E-state index is 12.8. The highest BCUT2D eigenvalue weighted by Gasteiger charge is 2.63. The molecule has 2 unspecified atom stereocenters. The van der Waals surface area contributed by atoms with E-state index < -0.39 is 39.2 Å². The summed E-state index contributed by atoms with van der Waals surface area (Å²) in [4.78, 5) is 45.7. The highest BCUT2D eigenvalue weighted by Crippen LogP contribution is 2.58. The van der Waals surface area contributed by atoms with E-state index in [1.165, 1.54) is 48.5 Å². The molecule has 0 heterocycles. The van der Waals surface area contributed by atoms with Crippen molar-refractivity contribution >= 4 is 23.6 Å². The van der Waals surface area contributed by atoms with Gasteiger partial charge in [-0.25, -0.2) is 0 Å². The van der Waals surface area contributed by atoms with Crippen LogP contribution in [0.4, 0.5) is 11.4 Å². The predicted octanol–water partition coefficient (Wildman–Crippen LogP) is 3.61. The van der Waals surface area contributed by atoms with Gasteiger partial charge in [-0.1, -0.05) is 38.1 Å². The smallest absolute Gasteiger partial charge is 0.311 e. The van der Waals surface area contributed by atoms with Gasteiger partial charge in [-0.05, 0) is 17.5 Å². The Morgan fingerprint density at radius 1 is 1.00 bits per heavy atom. The van der Waals surface area contributed by atoms with Crippen LogP contribution in [0, 0.1) is 37.5 Å². The number of rotatable bonds is 7. The summed E-state index contributed by atoms with van der Waals surface area (Å²) in [5.74, 6) is -1.98. The molecule has 0 aromatic heterocycles. The number of para-hydroxylation sites is 2. The molecule has 1 saturated carbocycles. The lowest BCUT2D eigenvalue weighted by Crippen LogP contribution is -2.18. The monoisotopic (exact) mass is 398 g/mol. The number of aldehydes is 1. The van der Waals surface area contributed by atoms with Crippen molar-refractivity contribution in [3.8, 4) is 0 Å². The largest absolute Gasteiger partial charge is 0.452 e. The Morgan fingerprint density at radius 2 is 1.45 bits per heavy atom. The Kier molecular flexibility index (Phi) is 5.15. The van der Waals surface area contributed by atoms with E-state index in [0.717, 1.165) is 0 Å². The van der Waals surface area contributed by atoms with Gasteiger partial charge < -0.3 is 9.53 Å². The molecule has 0 spiro atoms. The van der Waals surface area contributed by atoms with Gasteiger partial charge in [0.2, 0.25) is 0 Å². The van der Waals surface area contributed by atoms with E-state index in [0.29, 0.717) is 6.29 Å². The maximum absolute atomic E-state index is 12.8. The van der Waals surface area contributed by atoms with Crippen molar-refractivity contribution in [2.45, 2.75) is 20.0 Å². The van der Waals surface area contributed by atoms with Crippen molar-refractivity contribution in [3.63, 3.8) is 0 Å². The summed E-state index contributed by atoms with van der Waals surface area (Å²) < 4.78 is 5.59. The van der Waals surface area contributed by atoms with Gasteiger partial charge in [-0.15, -0.1) is 0 Å². The van der Waals surface area contributed by atoms with Crippen molar-refractivity contribution in [2.24, 2.45) is 17.3 Å². The zero-order valence-electron chi connectivity index (χ0n) is 15.7. The Bertz CT molecular complexity index is 944. The van der Waals surface area contributed by atoms with Crippen molar-refractivity contribution in [1.82, 2.24) is 0 Å². The Hall–Kier alpha value is -3.62. The first-order valence-electron chi connectivity index (χ1n) is 8.82. The number of carbonyl (C=O) groups is 2. The van der Waals surface area contributed by atoms with E-state index in [2.05, 4.69) is 0 Å². The first kappa shape index (κ1) is 20.1. The second-order valence-corrected chi connectivity index (χ2v) is 7.41. The van der Waals surface area contributed by atoms with Crippen LogP contribution in [0.15, 0.2) is 48.5 Å². The highest BCUT2D eigenvalue weighted by atomic mass is 16.6. The lowest BCUT2D eigenvalue weighted by atomic mass is 9.98. The van der Waals surface area contributed by atoms with E-state index >= 15 is 0 Å². The van der Waals surface area contributed by atoms with E-state index in [1.54, 1.807) is 13.8 Å². The van der Waals surface area contributed by atoms with Crippen molar-refractivity contribution < 1.29 is 24.2 Å². The second kappa shape index (κ2) is 7.42. The first-order valence-corrected chi connectivity index (χ1v) is 8.82. The molecule has 2 aromatic rings. The number of ether oxygens (including phenoxy) is 1. The summed E-state index contributed by atoms with van der Waals surface area (Å²) >= 11 is 0. The zero-order chi connectivity index (χ0) is 21.3. The van der Waals surface area contributed by atoms with E-state index in [9.17, 15) is 29.8 Å². The van der Waals surface area contributed by atoms with Crippen LogP contribution in [0.1, 0.15) is 31.1 Å². The van der Waals surface area contributed by atoms with Crippen LogP contribution < -0.4 is 0 Å². The minimum absolute atomic E-state index is 0.0151. The fraction of sp³-hybridized carbons (Fsp3) is 0.300. The lowest BCUT2D eigenvalue weighted by molar-refractivity contribution is -0.387. The quantitative estimate of drug-likeness (QED) is 0.301. The number of carbonyl (C=O) groups excluding carboxylic acids is 2. The lowest BCUT2D eigenvalue weighted by Gasteiger charge is -2.19. The molecule has 2 aromatic carbocycles. The molecule has 0 N–H and O–H groups in total. The van der Waals surface area contributed by atoms with Gasteiger partial charge in [-0.2, -0.15) is 0 Å². The van der Waals surface area contributed by atoms with Crippen molar-refractivity contribution in [2.75, 3.05) is 0 Å². The van der Waals surface area contributed by atoms with Crippen LogP contribution in [0.25, 0.3) is 0 Å². The number of hydrogen-bond acceptors (Lipinski definition) is 7. The molecule has 0 saturated heterocycles. The molecule has 9 heteroatoms. The van der Waals surface area contributed by atoms with Crippen LogP contribution in [0.3, 0.4) is 0 Å². The van der Waals surface area contributed by atoms with Crippen LogP contribution in [-0.2, 0) is 14.3 Å². The minimum Gasteiger partial charge on any atom is -0.452 e. The number of nitrogens with zero attached hydrogens (tertiary/aromatic N) is 2. The fourth-order valence-corrected chi connectivity index (χ4v) is 3.62. The Balaban J connectivity index is 2.09. The first-order chi connectivity index (χ1) is 13.7. The zero-order valence-corrected chi connectivity index (χ0v) is 15.7. The molecule has 1 aliphatic carbocycles. The molecular formula is C20H18N2O7. The average molecular weight is 398 g/mol. The standard InChI is InChI=1S/C20H18N2O7/c1-20(2)14(11-23)17(20)19(24)29-18(12-7-3-5-9-15(12)21(25)26)13-8-4-6-10-16(13)22(27)28/h3-11,14,17-18H,1-2H3. The number of esters is 1. The topological polar surface area (TPSA) is 130 Å². The van der Waals surface area contributed by atoms with Gasteiger partial charge >= 0.3 is 5.97 Å². The van der Waals surface area contributed by atoms with E-state index in [4.69, 9.17) is 4.74 Å². The van der Waals surface area contributed by atoms with Gasteiger partial charge in [0.05, 0.1) is 26.9 Å². The second-order valence-electron chi connectivity index (χ2n) is 7.41. The van der Waals surface area contributed by atoms with Gasteiger partial charge in [0.15, 0.2) is 6.10 Å². The molecule has 0 aliphatic heterocycles. The summed E-state index contributed by atoms with van der Waals surface area (Å²) in [7, 11) is 0. The van der Waals surface area contributed by atoms with Crippen LogP contribution in [0.2, 0.25) is 0 Å². The third-order valence-electron chi connectivity index (χ3n) is 5.38. The van der Waals surface area contributed by atoms with Crippen LogP contribution >= 0.6 is 0 Å². The molecule has 150 valence electrons. The van der Waals surface area contributed by atoms with Gasteiger partial charge in [0.1, 0.15) is 6.29 Å². The average Bonchev–Trinajstić information content (AvgIpc) is 3.26. The molecule has 1 aliphatic rings. The molecule has 0 bridgehead atoms. The van der Waals surface area contributed by atoms with E-state index in [1.807, 2.05) is 0 Å². The van der Waals surface area contributed by atoms with E-state index in [-0.39, 0.29) is 22.5 Å². The molecule has 1 fully saturated rings. The van der Waals surface area contributed by atoms with Crippen molar-refractivity contribution in [1.29, 1.82) is 0 Å². The predicted molar refractivity (Wildman–Crippen MR) is 101 cm³/mol. The fourth-order valence-electron chi connectivity index (χ4n) is 3.62. The minimum atomic E-state index is -1.37. The molecule has 9 nitrogen and oxygen atoms in total. The van der Waals surface area contributed by atoms with Gasteiger partial charge in [0, 0.05) is 18.1 Å². The molecule has 29 heavy (non-hydrogen) atoms.